The van der Waals surface area contributed by atoms with Gasteiger partial charge in [-0.2, -0.15) is 0 Å². The third-order valence-corrected chi connectivity index (χ3v) is 4.17. The van der Waals surface area contributed by atoms with Crippen molar-refractivity contribution < 1.29 is 19.1 Å². The molecule has 0 unspecified atom stereocenters. The number of carbonyl (C=O) groups excluding carboxylic acids is 3. The van der Waals surface area contributed by atoms with Gasteiger partial charge in [0.25, 0.3) is 11.8 Å². The highest BCUT2D eigenvalue weighted by Gasteiger charge is 2.22. The summed E-state index contributed by atoms with van der Waals surface area (Å²) in [4.78, 5) is 38.1. The van der Waals surface area contributed by atoms with Gasteiger partial charge < -0.3 is 15.0 Å². The topological polar surface area (TPSA) is 75.7 Å². The van der Waals surface area contributed by atoms with E-state index in [-0.39, 0.29) is 18.4 Å². The van der Waals surface area contributed by atoms with Gasteiger partial charge in [0.2, 0.25) is 0 Å². The third kappa shape index (κ3) is 6.23. The summed E-state index contributed by atoms with van der Waals surface area (Å²) in [7, 11) is 1.65. The highest BCUT2D eigenvalue weighted by atomic mass is 16.5. The second-order valence-electron chi connectivity index (χ2n) is 6.87. The van der Waals surface area contributed by atoms with Crippen molar-refractivity contribution in [1.29, 1.82) is 0 Å². The summed E-state index contributed by atoms with van der Waals surface area (Å²) < 4.78 is 5.16. The van der Waals surface area contributed by atoms with Crippen molar-refractivity contribution >= 4 is 17.8 Å². The zero-order chi connectivity index (χ0) is 20.7. The number of nitrogens with one attached hydrogen (secondary N) is 1. The van der Waals surface area contributed by atoms with Crippen LogP contribution in [0.25, 0.3) is 0 Å². The van der Waals surface area contributed by atoms with E-state index in [1.807, 2.05) is 50.2 Å². The molecule has 1 N–H and O–H groups in total. The average molecular weight is 382 g/mol. The largest absolute Gasteiger partial charge is 0.451 e. The minimum Gasteiger partial charge on any atom is -0.451 e. The second kappa shape index (κ2) is 9.69. The van der Waals surface area contributed by atoms with E-state index in [1.165, 1.54) is 11.8 Å². The molecule has 0 fully saturated rings. The number of esters is 1. The number of amides is 2. The Kier molecular flexibility index (Phi) is 7.32. The van der Waals surface area contributed by atoms with Crippen LogP contribution in [-0.4, -0.2) is 42.4 Å². The van der Waals surface area contributed by atoms with Crippen molar-refractivity contribution in [1.82, 2.24) is 10.2 Å². The Balaban J connectivity index is 1.82. The van der Waals surface area contributed by atoms with E-state index in [9.17, 15) is 14.4 Å². The normalized spacial score (nSPS) is 11.4. The Morgan fingerprint density at radius 1 is 1.04 bits per heavy atom. The molecule has 0 radical (unpaired) electrons. The minimum atomic E-state index is -0.931. The van der Waals surface area contributed by atoms with Crippen LogP contribution in [0, 0.1) is 13.8 Å². The van der Waals surface area contributed by atoms with Crippen LogP contribution in [0.15, 0.2) is 48.5 Å². The highest BCUT2D eigenvalue weighted by Crippen LogP contribution is 2.09. The van der Waals surface area contributed by atoms with E-state index in [0.717, 1.165) is 16.7 Å². The first-order valence-electron chi connectivity index (χ1n) is 9.11. The summed E-state index contributed by atoms with van der Waals surface area (Å²) in [6.45, 7) is 5.44. The number of hydrogen-bond acceptors (Lipinski definition) is 4. The number of carbonyl (C=O) groups is 3. The van der Waals surface area contributed by atoms with Crippen LogP contribution in [0.1, 0.15) is 34.0 Å². The van der Waals surface area contributed by atoms with Crippen LogP contribution in [-0.2, 0) is 20.9 Å². The molecule has 0 saturated heterocycles. The van der Waals surface area contributed by atoms with Crippen molar-refractivity contribution in [2.24, 2.45) is 0 Å². The maximum atomic E-state index is 12.4. The summed E-state index contributed by atoms with van der Waals surface area (Å²) in [6.07, 6.45) is -0.931. The van der Waals surface area contributed by atoms with E-state index >= 15 is 0 Å². The fourth-order valence-corrected chi connectivity index (χ4v) is 2.90. The summed E-state index contributed by atoms with van der Waals surface area (Å²) in [5.41, 5.74) is 3.40. The lowest BCUT2D eigenvalue weighted by molar-refractivity contribution is -0.157. The molecule has 0 heterocycles. The smallest absolute Gasteiger partial charge is 0.326 e. The SMILES string of the molecule is Cc1cc(C)cc(C(=O)NCC(=O)O[C@H](C)C(=O)N(C)Cc2ccccc2)c1. The Bertz CT molecular complexity index is 829. The summed E-state index contributed by atoms with van der Waals surface area (Å²) in [6, 6.07) is 15.0. The summed E-state index contributed by atoms with van der Waals surface area (Å²) in [5, 5.41) is 2.53. The van der Waals surface area contributed by atoms with Crippen LogP contribution in [0.5, 0.6) is 0 Å². The van der Waals surface area contributed by atoms with Gasteiger partial charge in [-0.3, -0.25) is 14.4 Å². The molecule has 0 aliphatic rings. The lowest BCUT2D eigenvalue weighted by atomic mass is 10.1. The van der Waals surface area contributed by atoms with Crippen LogP contribution in [0.4, 0.5) is 0 Å². The van der Waals surface area contributed by atoms with Gasteiger partial charge in [-0.15, -0.1) is 0 Å². The zero-order valence-electron chi connectivity index (χ0n) is 16.7. The van der Waals surface area contributed by atoms with E-state index in [0.29, 0.717) is 12.1 Å². The van der Waals surface area contributed by atoms with E-state index in [1.54, 1.807) is 19.2 Å². The number of rotatable bonds is 7. The predicted molar refractivity (Wildman–Crippen MR) is 107 cm³/mol. The van der Waals surface area contributed by atoms with Gasteiger partial charge in [-0.05, 0) is 38.5 Å². The van der Waals surface area contributed by atoms with E-state index in [4.69, 9.17) is 4.74 Å². The molecule has 2 amide bonds. The number of aryl methyl sites for hydroxylation is 2. The number of benzene rings is 2. The van der Waals surface area contributed by atoms with E-state index < -0.39 is 12.1 Å². The first-order chi connectivity index (χ1) is 13.3. The number of likely N-dealkylation sites (N-methyl/N-ethyl adjacent to an activating group) is 1. The van der Waals surface area contributed by atoms with Crippen molar-refractivity contribution in [3.63, 3.8) is 0 Å². The second-order valence-corrected chi connectivity index (χ2v) is 6.87. The Morgan fingerprint density at radius 2 is 1.64 bits per heavy atom. The Hall–Kier alpha value is -3.15. The van der Waals surface area contributed by atoms with Crippen LogP contribution in [0.3, 0.4) is 0 Å². The van der Waals surface area contributed by atoms with Crippen LogP contribution < -0.4 is 5.32 Å². The van der Waals surface area contributed by atoms with Gasteiger partial charge in [-0.25, -0.2) is 0 Å². The average Bonchev–Trinajstić information content (AvgIpc) is 2.65. The van der Waals surface area contributed by atoms with Crippen molar-refractivity contribution in [2.75, 3.05) is 13.6 Å². The maximum Gasteiger partial charge on any atom is 0.326 e. The third-order valence-electron chi connectivity index (χ3n) is 4.17. The van der Waals surface area contributed by atoms with Gasteiger partial charge in [0, 0.05) is 19.2 Å². The molecule has 0 aliphatic heterocycles. The van der Waals surface area contributed by atoms with Gasteiger partial charge in [0.05, 0.1) is 0 Å². The molecule has 2 aromatic carbocycles. The van der Waals surface area contributed by atoms with Gasteiger partial charge in [0.1, 0.15) is 6.54 Å². The fraction of sp³-hybridized carbons (Fsp3) is 0.318. The molecule has 6 heteroatoms. The van der Waals surface area contributed by atoms with Gasteiger partial charge in [0.15, 0.2) is 6.10 Å². The lowest BCUT2D eigenvalue weighted by Gasteiger charge is -2.21. The highest BCUT2D eigenvalue weighted by molar-refractivity contribution is 5.96. The van der Waals surface area contributed by atoms with Gasteiger partial charge >= 0.3 is 5.97 Å². The molecule has 0 spiro atoms. The molecule has 0 aliphatic carbocycles. The molecule has 0 bridgehead atoms. The molecule has 1 atom stereocenters. The molecule has 2 rings (SSSR count). The molecule has 2 aromatic rings. The molecular formula is C22H26N2O4. The van der Waals surface area contributed by atoms with Crippen molar-refractivity contribution in [3.8, 4) is 0 Å². The molecular weight excluding hydrogens is 356 g/mol. The quantitative estimate of drug-likeness (QED) is 0.747. The van der Waals surface area contributed by atoms with Gasteiger partial charge in [-0.1, -0.05) is 47.5 Å². The molecule has 148 valence electrons. The number of hydrogen-bond donors (Lipinski definition) is 1. The zero-order valence-corrected chi connectivity index (χ0v) is 16.7. The van der Waals surface area contributed by atoms with Crippen LogP contribution >= 0.6 is 0 Å². The summed E-state index contributed by atoms with van der Waals surface area (Å²) in [5.74, 6) is -1.33. The Labute approximate surface area is 165 Å². The molecule has 0 aromatic heterocycles. The summed E-state index contributed by atoms with van der Waals surface area (Å²) >= 11 is 0. The standard InChI is InChI=1S/C22H26N2O4/c1-15-10-16(2)12-19(11-15)21(26)23-13-20(25)28-17(3)22(27)24(4)14-18-8-6-5-7-9-18/h5-12,17H,13-14H2,1-4H3,(H,23,26)/t17-/m1/s1. The first-order valence-corrected chi connectivity index (χ1v) is 9.11. The first kappa shape index (κ1) is 21.2. The minimum absolute atomic E-state index is 0.300. The monoisotopic (exact) mass is 382 g/mol. The van der Waals surface area contributed by atoms with E-state index in [2.05, 4.69) is 5.32 Å². The maximum absolute atomic E-state index is 12.4. The number of ether oxygens (including phenoxy) is 1. The molecule has 6 nitrogen and oxygen atoms in total. The number of nitrogens with zero attached hydrogens (tertiary/aromatic N) is 1. The predicted octanol–water partition coefficient (Wildman–Crippen LogP) is 2.62. The lowest BCUT2D eigenvalue weighted by Crippen LogP contribution is -2.39. The molecule has 28 heavy (non-hydrogen) atoms. The van der Waals surface area contributed by atoms with Crippen molar-refractivity contribution in [2.45, 2.75) is 33.4 Å². The molecule has 0 saturated carbocycles. The Morgan fingerprint density at radius 3 is 2.25 bits per heavy atom. The van der Waals surface area contributed by atoms with Crippen LogP contribution in [0.2, 0.25) is 0 Å². The van der Waals surface area contributed by atoms with Crippen molar-refractivity contribution in [3.05, 3.63) is 70.8 Å². The fourth-order valence-electron chi connectivity index (χ4n) is 2.90.